The molecule has 1 atom stereocenters. The van der Waals surface area contributed by atoms with E-state index in [2.05, 4.69) is 9.97 Å². The molecule has 1 heterocycles. The van der Waals surface area contributed by atoms with Crippen molar-refractivity contribution in [1.82, 2.24) is 9.97 Å². The van der Waals surface area contributed by atoms with Crippen LogP contribution in [0.5, 0.6) is 0 Å². The van der Waals surface area contributed by atoms with Gasteiger partial charge < -0.3 is 0 Å². The zero-order valence-electron chi connectivity index (χ0n) is 9.99. The van der Waals surface area contributed by atoms with Crippen molar-refractivity contribution >= 4 is 5.78 Å². The molecule has 0 aliphatic heterocycles. The summed E-state index contributed by atoms with van der Waals surface area (Å²) in [4.78, 5) is 20.1. The summed E-state index contributed by atoms with van der Waals surface area (Å²) in [6.07, 6.45) is 7.33. The van der Waals surface area contributed by atoms with Gasteiger partial charge >= 0.3 is 0 Å². The van der Waals surface area contributed by atoms with Crippen LogP contribution < -0.4 is 0 Å². The van der Waals surface area contributed by atoms with Crippen molar-refractivity contribution in [2.24, 2.45) is 0 Å². The molecule has 16 heavy (non-hydrogen) atoms. The second kappa shape index (κ2) is 4.73. The van der Waals surface area contributed by atoms with E-state index in [0.29, 0.717) is 0 Å². The molecule has 0 saturated carbocycles. The standard InChI is InChI=1S/C13H18N2O/c1-9(10(2)16)13-11-6-4-3-5-7-12(11)14-8-15-13/h8-9H,3-7H2,1-2H3. The number of carbonyl (C=O) groups excluding carboxylic acids is 1. The average molecular weight is 218 g/mol. The van der Waals surface area contributed by atoms with Gasteiger partial charge in [-0.05, 0) is 45.1 Å². The molecule has 0 N–H and O–H groups in total. The molecule has 1 unspecified atom stereocenters. The minimum Gasteiger partial charge on any atom is -0.299 e. The predicted molar refractivity (Wildman–Crippen MR) is 62.4 cm³/mol. The van der Waals surface area contributed by atoms with Crippen LogP contribution >= 0.6 is 0 Å². The molecule has 1 aliphatic carbocycles. The SMILES string of the molecule is CC(=O)C(C)c1ncnc2c1CCCCC2. The van der Waals surface area contributed by atoms with Crippen LogP contribution in [0.1, 0.15) is 56.0 Å². The van der Waals surface area contributed by atoms with Gasteiger partial charge in [-0.2, -0.15) is 0 Å². The van der Waals surface area contributed by atoms with Gasteiger partial charge in [0.15, 0.2) is 0 Å². The number of fused-ring (bicyclic) bond motifs is 1. The summed E-state index contributed by atoms with van der Waals surface area (Å²) in [7, 11) is 0. The molecule has 0 fully saturated rings. The van der Waals surface area contributed by atoms with E-state index in [9.17, 15) is 4.79 Å². The van der Waals surface area contributed by atoms with Crippen LogP contribution in [-0.2, 0) is 17.6 Å². The van der Waals surface area contributed by atoms with Gasteiger partial charge in [-0.3, -0.25) is 4.79 Å². The molecule has 2 rings (SSSR count). The zero-order chi connectivity index (χ0) is 11.5. The maximum Gasteiger partial charge on any atom is 0.138 e. The van der Waals surface area contributed by atoms with Crippen LogP contribution in [0.4, 0.5) is 0 Å². The molecule has 0 radical (unpaired) electrons. The van der Waals surface area contributed by atoms with Gasteiger partial charge in [0, 0.05) is 5.69 Å². The van der Waals surface area contributed by atoms with E-state index < -0.39 is 0 Å². The molecule has 0 saturated heterocycles. The first-order chi connectivity index (χ1) is 7.70. The second-order valence-electron chi connectivity index (χ2n) is 4.58. The molecule has 86 valence electrons. The lowest BCUT2D eigenvalue weighted by atomic mass is 9.95. The van der Waals surface area contributed by atoms with E-state index in [1.54, 1.807) is 13.3 Å². The normalized spacial score (nSPS) is 17.4. The Morgan fingerprint density at radius 3 is 2.75 bits per heavy atom. The van der Waals surface area contributed by atoms with Gasteiger partial charge in [0.1, 0.15) is 12.1 Å². The summed E-state index contributed by atoms with van der Waals surface area (Å²) < 4.78 is 0. The Bertz CT molecular complexity index is 401. The van der Waals surface area contributed by atoms with Crippen LogP contribution in [0, 0.1) is 0 Å². The Morgan fingerprint density at radius 2 is 2.00 bits per heavy atom. The van der Waals surface area contributed by atoms with E-state index >= 15 is 0 Å². The van der Waals surface area contributed by atoms with Crippen molar-refractivity contribution in [3.63, 3.8) is 0 Å². The Labute approximate surface area is 96.3 Å². The minimum absolute atomic E-state index is 0.0881. The fourth-order valence-corrected chi connectivity index (χ4v) is 2.29. The lowest BCUT2D eigenvalue weighted by Crippen LogP contribution is -2.12. The van der Waals surface area contributed by atoms with E-state index in [0.717, 1.165) is 24.2 Å². The Morgan fingerprint density at radius 1 is 1.25 bits per heavy atom. The lowest BCUT2D eigenvalue weighted by Gasteiger charge is -2.14. The third-order valence-corrected chi connectivity index (χ3v) is 3.43. The Balaban J connectivity index is 2.42. The zero-order valence-corrected chi connectivity index (χ0v) is 9.99. The van der Waals surface area contributed by atoms with E-state index in [1.807, 2.05) is 6.92 Å². The molecule has 1 aromatic heterocycles. The van der Waals surface area contributed by atoms with Crippen LogP contribution in [0.3, 0.4) is 0 Å². The fraction of sp³-hybridized carbons (Fsp3) is 0.615. The Kier molecular flexibility index (Phi) is 3.32. The average Bonchev–Trinajstić information content (AvgIpc) is 2.52. The van der Waals surface area contributed by atoms with Crippen molar-refractivity contribution < 1.29 is 4.79 Å². The predicted octanol–water partition coefficient (Wildman–Crippen LogP) is 2.44. The Hall–Kier alpha value is -1.25. The molecule has 0 bridgehead atoms. The number of carbonyl (C=O) groups is 1. The van der Waals surface area contributed by atoms with Crippen LogP contribution in [0.25, 0.3) is 0 Å². The molecular weight excluding hydrogens is 200 g/mol. The first kappa shape index (κ1) is 11.2. The number of hydrogen-bond donors (Lipinski definition) is 0. The lowest BCUT2D eigenvalue weighted by molar-refractivity contribution is -0.118. The summed E-state index contributed by atoms with van der Waals surface area (Å²) in [5.74, 6) is 0.0972. The third kappa shape index (κ3) is 2.13. The smallest absolute Gasteiger partial charge is 0.138 e. The van der Waals surface area contributed by atoms with Crippen LogP contribution in [0.15, 0.2) is 6.33 Å². The molecule has 1 aromatic rings. The highest BCUT2D eigenvalue weighted by Crippen LogP contribution is 2.25. The van der Waals surface area contributed by atoms with Crippen molar-refractivity contribution in [3.8, 4) is 0 Å². The first-order valence-corrected chi connectivity index (χ1v) is 6.03. The highest BCUT2D eigenvalue weighted by Gasteiger charge is 2.20. The largest absolute Gasteiger partial charge is 0.299 e. The fourth-order valence-electron chi connectivity index (χ4n) is 2.29. The molecule has 3 heteroatoms. The molecule has 0 spiro atoms. The maximum atomic E-state index is 11.5. The number of rotatable bonds is 2. The van der Waals surface area contributed by atoms with Gasteiger partial charge in [0.05, 0.1) is 11.6 Å². The minimum atomic E-state index is -0.0881. The summed E-state index contributed by atoms with van der Waals surface area (Å²) in [5, 5.41) is 0. The van der Waals surface area contributed by atoms with E-state index in [1.165, 1.54) is 24.8 Å². The molecular formula is C13H18N2O. The van der Waals surface area contributed by atoms with Gasteiger partial charge in [-0.1, -0.05) is 6.42 Å². The number of nitrogens with zero attached hydrogens (tertiary/aromatic N) is 2. The number of Topliss-reactive ketones (excluding diaryl/α,β-unsaturated/α-hetero) is 1. The highest BCUT2D eigenvalue weighted by molar-refractivity contribution is 5.82. The van der Waals surface area contributed by atoms with E-state index in [4.69, 9.17) is 0 Å². The number of ketones is 1. The van der Waals surface area contributed by atoms with Gasteiger partial charge in [0.2, 0.25) is 0 Å². The quantitative estimate of drug-likeness (QED) is 0.716. The van der Waals surface area contributed by atoms with Crippen LogP contribution in [-0.4, -0.2) is 15.8 Å². The molecule has 3 nitrogen and oxygen atoms in total. The van der Waals surface area contributed by atoms with E-state index in [-0.39, 0.29) is 11.7 Å². The molecule has 0 aromatic carbocycles. The van der Waals surface area contributed by atoms with Gasteiger partial charge in [0.25, 0.3) is 0 Å². The van der Waals surface area contributed by atoms with Gasteiger partial charge in [-0.25, -0.2) is 9.97 Å². The first-order valence-electron chi connectivity index (χ1n) is 6.03. The van der Waals surface area contributed by atoms with Crippen molar-refractivity contribution in [2.75, 3.05) is 0 Å². The number of hydrogen-bond acceptors (Lipinski definition) is 3. The topological polar surface area (TPSA) is 42.9 Å². The van der Waals surface area contributed by atoms with Crippen molar-refractivity contribution in [2.45, 2.75) is 51.9 Å². The highest BCUT2D eigenvalue weighted by atomic mass is 16.1. The van der Waals surface area contributed by atoms with Crippen LogP contribution in [0.2, 0.25) is 0 Å². The summed E-state index contributed by atoms with van der Waals surface area (Å²) in [6.45, 7) is 3.58. The number of aromatic nitrogens is 2. The van der Waals surface area contributed by atoms with Gasteiger partial charge in [-0.15, -0.1) is 0 Å². The summed E-state index contributed by atoms with van der Waals surface area (Å²) >= 11 is 0. The number of aryl methyl sites for hydroxylation is 1. The summed E-state index contributed by atoms with van der Waals surface area (Å²) in [6, 6.07) is 0. The third-order valence-electron chi connectivity index (χ3n) is 3.43. The molecule has 0 amide bonds. The monoisotopic (exact) mass is 218 g/mol. The second-order valence-corrected chi connectivity index (χ2v) is 4.58. The van der Waals surface area contributed by atoms with Crippen molar-refractivity contribution in [1.29, 1.82) is 0 Å². The molecule has 1 aliphatic rings. The summed E-state index contributed by atoms with van der Waals surface area (Å²) in [5.41, 5.74) is 3.36. The maximum absolute atomic E-state index is 11.5. The van der Waals surface area contributed by atoms with Crippen molar-refractivity contribution in [3.05, 3.63) is 23.3 Å².